The van der Waals surface area contributed by atoms with Crippen LogP contribution < -0.4 is 5.73 Å². The molecule has 0 bridgehead atoms. The van der Waals surface area contributed by atoms with Gasteiger partial charge in [-0.1, -0.05) is 12.1 Å². The van der Waals surface area contributed by atoms with Crippen LogP contribution in [0.2, 0.25) is 0 Å². The summed E-state index contributed by atoms with van der Waals surface area (Å²) in [6, 6.07) is 5.40. The van der Waals surface area contributed by atoms with Crippen molar-refractivity contribution in [1.82, 2.24) is 4.90 Å². The van der Waals surface area contributed by atoms with Crippen molar-refractivity contribution >= 4 is 0 Å². The lowest BCUT2D eigenvalue weighted by molar-refractivity contribution is -0.137. The first kappa shape index (κ1) is 13.4. The molecule has 1 aromatic rings. The molecule has 1 fully saturated rings. The maximum Gasteiger partial charge on any atom is 0.416 e. The van der Waals surface area contributed by atoms with E-state index in [4.69, 9.17) is 5.73 Å². The van der Waals surface area contributed by atoms with Crippen LogP contribution in [-0.4, -0.2) is 24.5 Å². The van der Waals surface area contributed by atoms with Crippen LogP contribution in [0.25, 0.3) is 0 Å². The lowest BCUT2D eigenvalue weighted by Gasteiger charge is -2.16. The van der Waals surface area contributed by atoms with Crippen LogP contribution in [0.1, 0.15) is 17.5 Å². The molecular formula is C13H17F3N2. The normalized spacial score (nSPS) is 21.4. The summed E-state index contributed by atoms with van der Waals surface area (Å²) in [5.41, 5.74) is 5.93. The van der Waals surface area contributed by atoms with E-state index in [0.29, 0.717) is 19.0 Å². The van der Waals surface area contributed by atoms with Gasteiger partial charge in [-0.15, -0.1) is 0 Å². The summed E-state index contributed by atoms with van der Waals surface area (Å²) in [5.74, 6) is 0.527. The molecule has 0 amide bonds. The number of benzene rings is 1. The number of nitrogens with two attached hydrogens (primary N) is 1. The molecule has 2 rings (SSSR count). The minimum atomic E-state index is -4.25. The van der Waals surface area contributed by atoms with Gasteiger partial charge in [-0.2, -0.15) is 13.2 Å². The number of likely N-dealkylation sites (tertiary alicyclic amines) is 1. The van der Waals surface area contributed by atoms with E-state index in [1.165, 1.54) is 0 Å². The van der Waals surface area contributed by atoms with Crippen molar-refractivity contribution < 1.29 is 13.2 Å². The summed E-state index contributed by atoms with van der Waals surface area (Å²) >= 11 is 0. The summed E-state index contributed by atoms with van der Waals surface area (Å²) in [4.78, 5) is 2.24. The van der Waals surface area contributed by atoms with Crippen LogP contribution in [0.5, 0.6) is 0 Å². The largest absolute Gasteiger partial charge is 0.416 e. The minimum absolute atomic E-state index is 0.527. The fourth-order valence-electron chi connectivity index (χ4n) is 2.31. The highest BCUT2D eigenvalue weighted by molar-refractivity contribution is 5.24. The van der Waals surface area contributed by atoms with Gasteiger partial charge in [0.25, 0.3) is 0 Å². The number of hydrogen-bond donors (Lipinski definition) is 1. The van der Waals surface area contributed by atoms with E-state index < -0.39 is 11.7 Å². The molecular weight excluding hydrogens is 241 g/mol. The molecule has 1 saturated heterocycles. The van der Waals surface area contributed by atoms with E-state index in [1.807, 2.05) is 0 Å². The predicted molar refractivity (Wildman–Crippen MR) is 63.9 cm³/mol. The van der Waals surface area contributed by atoms with Gasteiger partial charge in [-0.05, 0) is 43.1 Å². The Morgan fingerprint density at radius 2 is 1.89 bits per heavy atom. The summed E-state index contributed by atoms with van der Waals surface area (Å²) < 4.78 is 37.2. The molecule has 0 aliphatic carbocycles. The molecule has 0 unspecified atom stereocenters. The van der Waals surface area contributed by atoms with E-state index in [1.54, 1.807) is 12.1 Å². The van der Waals surface area contributed by atoms with Crippen molar-refractivity contribution in [1.29, 1.82) is 0 Å². The minimum Gasteiger partial charge on any atom is -0.330 e. The van der Waals surface area contributed by atoms with Crippen LogP contribution in [0.4, 0.5) is 13.2 Å². The van der Waals surface area contributed by atoms with Crippen LogP contribution in [0.15, 0.2) is 24.3 Å². The Hall–Kier alpha value is -1.07. The molecule has 1 aromatic carbocycles. The van der Waals surface area contributed by atoms with Gasteiger partial charge in [-0.3, -0.25) is 4.90 Å². The maximum absolute atomic E-state index is 12.4. The van der Waals surface area contributed by atoms with E-state index in [2.05, 4.69) is 4.90 Å². The van der Waals surface area contributed by atoms with Gasteiger partial charge in [0.2, 0.25) is 0 Å². The molecule has 0 saturated carbocycles. The molecule has 0 radical (unpaired) electrons. The van der Waals surface area contributed by atoms with Gasteiger partial charge in [0.05, 0.1) is 5.56 Å². The summed E-state index contributed by atoms with van der Waals surface area (Å²) in [5, 5.41) is 0. The topological polar surface area (TPSA) is 29.3 Å². The highest BCUT2D eigenvalue weighted by Gasteiger charge is 2.30. The zero-order valence-electron chi connectivity index (χ0n) is 10.1. The number of alkyl halides is 3. The van der Waals surface area contributed by atoms with E-state index >= 15 is 0 Å². The van der Waals surface area contributed by atoms with Gasteiger partial charge >= 0.3 is 6.18 Å². The highest BCUT2D eigenvalue weighted by Crippen LogP contribution is 2.29. The zero-order valence-corrected chi connectivity index (χ0v) is 10.1. The second kappa shape index (κ2) is 5.28. The van der Waals surface area contributed by atoms with E-state index in [0.717, 1.165) is 37.2 Å². The Morgan fingerprint density at radius 1 is 1.22 bits per heavy atom. The molecule has 1 aliphatic heterocycles. The third kappa shape index (κ3) is 3.23. The van der Waals surface area contributed by atoms with Crippen LogP contribution in [-0.2, 0) is 12.7 Å². The number of halogens is 3. The standard InChI is InChI=1S/C13H17F3N2/c14-13(15,16)12-3-1-10(2-4-12)8-18-6-5-11(7-17)9-18/h1-4,11H,5-9,17H2/t11-/m1/s1. The predicted octanol–water partition coefficient (Wildman–Crippen LogP) is 2.49. The van der Waals surface area contributed by atoms with Crippen molar-refractivity contribution in [3.05, 3.63) is 35.4 Å². The SMILES string of the molecule is NC[C@H]1CCN(Cc2ccc(C(F)(F)F)cc2)C1. The number of hydrogen-bond acceptors (Lipinski definition) is 2. The Balaban J connectivity index is 1.95. The first-order chi connectivity index (χ1) is 8.49. The second-order valence-corrected chi connectivity index (χ2v) is 4.82. The van der Waals surface area contributed by atoms with Gasteiger partial charge in [0, 0.05) is 13.1 Å². The monoisotopic (exact) mass is 258 g/mol. The number of nitrogens with zero attached hydrogens (tertiary/aromatic N) is 1. The molecule has 0 spiro atoms. The fourth-order valence-corrected chi connectivity index (χ4v) is 2.31. The van der Waals surface area contributed by atoms with Gasteiger partial charge in [0.15, 0.2) is 0 Å². The molecule has 1 heterocycles. The molecule has 2 nitrogen and oxygen atoms in total. The molecule has 2 N–H and O–H groups in total. The van der Waals surface area contributed by atoms with Gasteiger partial charge in [-0.25, -0.2) is 0 Å². The average Bonchev–Trinajstić information content (AvgIpc) is 2.76. The molecule has 5 heteroatoms. The first-order valence-electron chi connectivity index (χ1n) is 6.07. The van der Waals surface area contributed by atoms with Crippen LogP contribution >= 0.6 is 0 Å². The lowest BCUT2D eigenvalue weighted by atomic mass is 10.1. The Labute approximate surface area is 105 Å². The van der Waals surface area contributed by atoms with Crippen LogP contribution in [0.3, 0.4) is 0 Å². The molecule has 100 valence electrons. The second-order valence-electron chi connectivity index (χ2n) is 4.82. The summed E-state index contributed by atoms with van der Waals surface area (Å²) in [7, 11) is 0. The quantitative estimate of drug-likeness (QED) is 0.902. The molecule has 1 atom stereocenters. The number of rotatable bonds is 3. The zero-order chi connectivity index (χ0) is 13.2. The first-order valence-corrected chi connectivity index (χ1v) is 6.07. The molecule has 1 aliphatic rings. The van der Waals surface area contributed by atoms with Crippen molar-refractivity contribution in [2.45, 2.75) is 19.1 Å². The van der Waals surface area contributed by atoms with Crippen LogP contribution in [0, 0.1) is 5.92 Å². The summed E-state index contributed by atoms with van der Waals surface area (Å²) in [6.45, 7) is 3.30. The van der Waals surface area contributed by atoms with Crippen molar-refractivity contribution in [2.24, 2.45) is 11.7 Å². The van der Waals surface area contributed by atoms with E-state index in [-0.39, 0.29) is 0 Å². The molecule has 0 aromatic heterocycles. The van der Waals surface area contributed by atoms with Crippen molar-refractivity contribution in [3.63, 3.8) is 0 Å². The van der Waals surface area contributed by atoms with Crippen molar-refractivity contribution in [3.8, 4) is 0 Å². The third-order valence-corrected chi connectivity index (χ3v) is 3.39. The van der Waals surface area contributed by atoms with Crippen molar-refractivity contribution in [2.75, 3.05) is 19.6 Å². The maximum atomic E-state index is 12.4. The fraction of sp³-hybridized carbons (Fsp3) is 0.538. The Morgan fingerprint density at radius 3 is 2.39 bits per heavy atom. The summed E-state index contributed by atoms with van der Waals surface area (Å²) in [6.07, 6.45) is -3.17. The van der Waals surface area contributed by atoms with Gasteiger partial charge < -0.3 is 5.73 Å². The Bertz CT molecular complexity index is 386. The average molecular weight is 258 g/mol. The molecule has 18 heavy (non-hydrogen) atoms. The van der Waals surface area contributed by atoms with E-state index in [9.17, 15) is 13.2 Å². The van der Waals surface area contributed by atoms with Gasteiger partial charge in [0.1, 0.15) is 0 Å². The highest BCUT2D eigenvalue weighted by atomic mass is 19.4. The third-order valence-electron chi connectivity index (χ3n) is 3.39. The smallest absolute Gasteiger partial charge is 0.330 e. The Kier molecular flexibility index (Phi) is 3.92. The lowest BCUT2D eigenvalue weighted by Crippen LogP contribution is -2.22.